The lowest BCUT2D eigenvalue weighted by atomic mass is 10.0. The van der Waals surface area contributed by atoms with Crippen molar-refractivity contribution < 1.29 is 33.9 Å². The molecular weight excluding hydrogens is 388 g/mol. The van der Waals surface area contributed by atoms with Gasteiger partial charge in [0.15, 0.2) is 5.78 Å². The van der Waals surface area contributed by atoms with Gasteiger partial charge in [0, 0.05) is 11.1 Å². The van der Waals surface area contributed by atoms with Crippen molar-refractivity contribution in [1.82, 2.24) is 0 Å². The fourth-order valence-electron chi connectivity index (χ4n) is 2.75. The van der Waals surface area contributed by atoms with Crippen molar-refractivity contribution in [3.05, 3.63) is 58.7 Å². The third-order valence-corrected chi connectivity index (χ3v) is 4.02. The van der Waals surface area contributed by atoms with E-state index in [9.17, 15) is 14.4 Å². The molecule has 7 nitrogen and oxygen atoms in total. The van der Waals surface area contributed by atoms with Gasteiger partial charge < -0.3 is 0 Å². The zero-order chi connectivity index (χ0) is 22.3. The van der Waals surface area contributed by atoms with Gasteiger partial charge in [-0.3, -0.25) is 14.6 Å². The van der Waals surface area contributed by atoms with Gasteiger partial charge in [-0.15, -0.1) is 0 Å². The van der Waals surface area contributed by atoms with Gasteiger partial charge in [-0.1, -0.05) is 12.1 Å². The zero-order valence-corrected chi connectivity index (χ0v) is 17.8. The average Bonchev–Trinajstić information content (AvgIpc) is 2.94. The van der Waals surface area contributed by atoms with Gasteiger partial charge in [-0.25, -0.2) is 9.59 Å². The molecule has 1 aliphatic rings. The first-order valence-electron chi connectivity index (χ1n) is 9.49. The highest BCUT2D eigenvalue weighted by Crippen LogP contribution is 2.37. The Bertz CT molecular complexity index is 941. The fourth-order valence-corrected chi connectivity index (χ4v) is 2.75. The highest BCUT2D eigenvalue weighted by Gasteiger charge is 2.30. The summed E-state index contributed by atoms with van der Waals surface area (Å²) in [5.74, 6) is -1.68. The van der Waals surface area contributed by atoms with E-state index in [0.717, 1.165) is 0 Å². The van der Waals surface area contributed by atoms with Crippen LogP contribution in [0.3, 0.4) is 0 Å². The minimum Gasteiger partial charge on any atom is -0.292 e. The molecule has 0 saturated carbocycles. The standard InChI is InChI=1S/C23H24O7/c1-22(2,3)29-27-20(25)13-7-9-15-16-10-8-14(21(26)28-30-23(4,5)6)12-18(16)19(24)17(15)11-13/h7-12H,1-6H3. The van der Waals surface area contributed by atoms with Crippen molar-refractivity contribution in [3.63, 3.8) is 0 Å². The van der Waals surface area contributed by atoms with E-state index in [4.69, 9.17) is 19.6 Å². The smallest absolute Gasteiger partial charge is 0.292 e. The van der Waals surface area contributed by atoms with Crippen LogP contribution in [0.5, 0.6) is 0 Å². The van der Waals surface area contributed by atoms with E-state index in [2.05, 4.69) is 0 Å². The lowest BCUT2D eigenvalue weighted by molar-refractivity contribution is -0.301. The number of carbonyl (C=O) groups excluding carboxylic acids is 3. The van der Waals surface area contributed by atoms with Crippen LogP contribution in [0, 0.1) is 0 Å². The van der Waals surface area contributed by atoms with Gasteiger partial charge in [-0.2, -0.15) is 9.78 Å². The molecule has 0 amide bonds. The lowest BCUT2D eigenvalue weighted by Gasteiger charge is -2.16. The second-order valence-corrected chi connectivity index (χ2v) is 8.98. The van der Waals surface area contributed by atoms with Crippen LogP contribution in [0.1, 0.15) is 78.2 Å². The molecule has 30 heavy (non-hydrogen) atoms. The molecule has 0 bridgehead atoms. The Morgan fingerprint density at radius 1 is 0.633 bits per heavy atom. The van der Waals surface area contributed by atoms with Crippen LogP contribution in [0.4, 0.5) is 0 Å². The van der Waals surface area contributed by atoms with Crippen LogP contribution in [0.15, 0.2) is 36.4 Å². The highest BCUT2D eigenvalue weighted by molar-refractivity contribution is 6.22. The van der Waals surface area contributed by atoms with Crippen molar-refractivity contribution >= 4 is 17.7 Å². The zero-order valence-electron chi connectivity index (χ0n) is 17.8. The fraction of sp³-hybridized carbons (Fsp3) is 0.348. The van der Waals surface area contributed by atoms with E-state index in [1.807, 2.05) is 0 Å². The first-order valence-corrected chi connectivity index (χ1v) is 9.49. The molecule has 0 unspecified atom stereocenters. The maximum Gasteiger partial charge on any atom is 0.373 e. The van der Waals surface area contributed by atoms with Crippen LogP contribution in [-0.4, -0.2) is 28.9 Å². The summed E-state index contributed by atoms with van der Waals surface area (Å²) in [4.78, 5) is 57.2. The van der Waals surface area contributed by atoms with Gasteiger partial charge in [0.2, 0.25) is 0 Å². The van der Waals surface area contributed by atoms with Crippen LogP contribution >= 0.6 is 0 Å². The Kier molecular flexibility index (Phi) is 5.54. The van der Waals surface area contributed by atoms with Gasteiger partial charge in [0.05, 0.1) is 11.1 Å². The number of ketones is 1. The molecule has 0 saturated heterocycles. The Labute approximate surface area is 174 Å². The molecule has 3 rings (SSSR count). The van der Waals surface area contributed by atoms with E-state index < -0.39 is 23.1 Å². The topological polar surface area (TPSA) is 88.1 Å². The second kappa shape index (κ2) is 7.66. The number of fused-ring (bicyclic) bond motifs is 3. The number of hydrogen-bond donors (Lipinski definition) is 0. The molecular formula is C23H24O7. The second-order valence-electron chi connectivity index (χ2n) is 8.98. The SMILES string of the molecule is CC(C)(C)OOC(=O)c1ccc2c(c1)C(=O)c1cc(C(=O)OOC(C)(C)C)ccc1-2. The number of rotatable bonds is 4. The molecule has 7 heteroatoms. The Balaban J connectivity index is 1.83. The van der Waals surface area contributed by atoms with Crippen molar-refractivity contribution in [3.8, 4) is 11.1 Å². The predicted octanol–water partition coefficient (Wildman–Crippen LogP) is 4.67. The Morgan fingerprint density at radius 3 is 1.33 bits per heavy atom. The summed E-state index contributed by atoms with van der Waals surface area (Å²) in [6, 6.07) is 9.41. The predicted molar refractivity (Wildman–Crippen MR) is 108 cm³/mol. The monoisotopic (exact) mass is 412 g/mol. The third-order valence-electron chi connectivity index (χ3n) is 4.02. The molecule has 0 aromatic heterocycles. The van der Waals surface area contributed by atoms with Crippen LogP contribution in [0.25, 0.3) is 11.1 Å². The first kappa shape index (κ1) is 21.7. The Morgan fingerprint density at radius 2 is 1.00 bits per heavy atom. The van der Waals surface area contributed by atoms with E-state index in [-0.39, 0.29) is 16.9 Å². The van der Waals surface area contributed by atoms with Crippen LogP contribution < -0.4 is 0 Å². The molecule has 0 spiro atoms. The van der Waals surface area contributed by atoms with Gasteiger partial charge >= 0.3 is 11.9 Å². The van der Waals surface area contributed by atoms with E-state index in [1.165, 1.54) is 12.1 Å². The normalized spacial score (nSPS) is 12.9. The molecule has 0 fully saturated rings. The molecule has 1 aliphatic carbocycles. The van der Waals surface area contributed by atoms with Gasteiger partial charge in [0.25, 0.3) is 0 Å². The summed E-state index contributed by atoms with van der Waals surface area (Å²) >= 11 is 0. The molecule has 158 valence electrons. The molecule has 0 heterocycles. The molecule has 0 atom stereocenters. The van der Waals surface area contributed by atoms with Gasteiger partial charge in [0.1, 0.15) is 11.2 Å². The molecule has 0 N–H and O–H groups in total. The molecule has 2 aromatic carbocycles. The largest absolute Gasteiger partial charge is 0.373 e. The quantitative estimate of drug-likeness (QED) is 0.454. The third kappa shape index (κ3) is 4.75. The number of carbonyl (C=O) groups is 3. The van der Waals surface area contributed by atoms with Crippen LogP contribution in [-0.2, 0) is 19.6 Å². The van der Waals surface area contributed by atoms with Crippen molar-refractivity contribution in [2.75, 3.05) is 0 Å². The summed E-state index contributed by atoms with van der Waals surface area (Å²) < 4.78 is 0. The molecule has 0 aliphatic heterocycles. The van der Waals surface area contributed by atoms with E-state index in [1.54, 1.807) is 65.8 Å². The van der Waals surface area contributed by atoms with Crippen molar-refractivity contribution in [1.29, 1.82) is 0 Å². The summed E-state index contributed by atoms with van der Waals surface area (Å²) in [6.07, 6.45) is 0. The van der Waals surface area contributed by atoms with Crippen LogP contribution in [0.2, 0.25) is 0 Å². The maximum absolute atomic E-state index is 12.9. The summed E-state index contributed by atoms with van der Waals surface area (Å²) in [7, 11) is 0. The minimum atomic E-state index is -0.694. The molecule has 2 aromatic rings. The summed E-state index contributed by atoms with van der Waals surface area (Å²) in [5, 5.41) is 0. The number of benzene rings is 2. The Hall–Kier alpha value is -3.03. The van der Waals surface area contributed by atoms with E-state index in [0.29, 0.717) is 22.3 Å². The van der Waals surface area contributed by atoms with Gasteiger partial charge in [-0.05, 0) is 76.9 Å². The molecule has 0 radical (unpaired) electrons. The number of hydrogen-bond acceptors (Lipinski definition) is 7. The van der Waals surface area contributed by atoms with Crippen molar-refractivity contribution in [2.24, 2.45) is 0 Å². The summed E-state index contributed by atoms with van der Waals surface area (Å²) in [6.45, 7) is 10.5. The first-order chi connectivity index (χ1) is 13.9. The highest BCUT2D eigenvalue weighted by atomic mass is 17.2. The lowest BCUT2D eigenvalue weighted by Crippen LogP contribution is -2.22. The maximum atomic E-state index is 12.9. The van der Waals surface area contributed by atoms with E-state index >= 15 is 0 Å². The van der Waals surface area contributed by atoms with Crippen molar-refractivity contribution in [2.45, 2.75) is 52.7 Å². The summed E-state index contributed by atoms with van der Waals surface area (Å²) in [5.41, 5.74) is 1.14. The average molecular weight is 412 g/mol. The minimum absolute atomic E-state index is 0.192.